The monoisotopic (exact) mass is 569 g/mol. The number of ether oxygens (including phenoxy) is 1. The van der Waals surface area contributed by atoms with E-state index in [0.717, 1.165) is 21.9 Å². The van der Waals surface area contributed by atoms with Gasteiger partial charge in [-0.1, -0.05) is 81.4 Å². The van der Waals surface area contributed by atoms with Crippen LogP contribution < -0.4 is 15.1 Å². The van der Waals surface area contributed by atoms with E-state index in [1.165, 1.54) is 10.4 Å². The summed E-state index contributed by atoms with van der Waals surface area (Å²) in [5, 5.41) is 6.91. The number of benzene rings is 2. The van der Waals surface area contributed by atoms with Crippen molar-refractivity contribution in [3.8, 4) is 5.88 Å². The van der Waals surface area contributed by atoms with Crippen molar-refractivity contribution in [2.45, 2.75) is 50.9 Å². The molecule has 4 aromatic rings. The molecule has 0 radical (unpaired) electrons. The Labute approximate surface area is 209 Å². The maximum atomic E-state index is 7.25. The van der Waals surface area contributed by atoms with E-state index >= 15 is 0 Å². The molecule has 0 saturated heterocycles. The van der Waals surface area contributed by atoms with Gasteiger partial charge in [-0.3, -0.25) is 0 Å². The summed E-state index contributed by atoms with van der Waals surface area (Å²) in [6, 6.07) is 21.5. The van der Waals surface area contributed by atoms with Crippen molar-refractivity contribution in [3.05, 3.63) is 82.8 Å². The Bertz CT molecular complexity index is 1200. The molecule has 33 heavy (non-hydrogen) atoms. The molecule has 2 atom stereocenters. The van der Waals surface area contributed by atoms with Crippen molar-refractivity contribution in [1.82, 2.24) is 14.6 Å². The minimum Gasteiger partial charge on any atom is -0.471 e. The maximum Gasteiger partial charge on any atom is 0.261 e. The van der Waals surface area contributed by atoms with Crippen LogP contribution in [0.5, 0.6) is 5.88 Å². The number of rotatable bonds is 6. The van der Waals surface area contributed by atoms with E-state index in [-0.39, 0.29) is 17.2 Å². The van der Waals surface area contributed by atoms with Crippen molar-refractivity contribution < 1.29 is 9.16 Å². The Morgan fingerprint density at radius 1 is 0.909 bits per heavy atom. The lowest BCUT2D eigenvalue weighted by molar-refractivity contribution is -0.0280. The zero-order valence-electron chi connectivity index (χ0n) is 19.1. The highest BCUT2D eigenvalue weighted by atomic mass is 127. The van der Waals surface area contributed by atoms with Crippen LogP contribution in [0.2, 0.25) is 5.04 Å². The fraction of sp³-hybridized carbons (Fsp3) is 0.308. The highest BCUT2D eigenvalue weighted by Crippen LogP contribution is 2.40. The fourth-order valence-electron chi connectivity index (χ4n) is 4.68. The van der Waals surface area contributed by atoms with Gasteiger partial charge >= 0.3 is 0 Å². The molecule has 1 saturated carbocycles. The number of fused-ring (bicyclic) bond motifs is 1. The van der Waals surface area contributed by atoms with Crippen molar-refractivity contribution >= 4 is 46.8 Å². The van der Waals surface area contributed by atoms with Gasteiger partial charge in [0.2, 0.25) is 5.88 Å². The van der Waals surface area contributed by atoms with Gasteiger partial charge < -0.3 is 9.16 Å². The van der Waals surface area contributed by atoms with Crippen LogP contribution in [0.3, 0.4) is 0 Å². The van der Waals surface area contributed by atoms with Gasteiger partial charge in [0.15, 0.2) is 0 Å². The molecule has 5 nitrogen and oxygen atoms in total. The van der Waals surface area contributed by atoms with Gasteiger partial charge in [0.25, 0.3) is 8.32 Å². The van der Waals surface area contributed by atoms with Crippen molar-refractivity contribution in [2.24, 2.45) is 0 Å². The summed E-state index contributed by atoms with van der Waals surface area (Å²) in [5.41, 5.74) is 0.983. The molecule has 0 spiro atoms. The third-order valence-corrected chi connectivity index (χ3v) is 12.4. The fourth-order valence-corrected chi connectivity index (χ4v) is 9.93. The van der Waals surface area contributed by atoms with E-state index in [4.69, 9.17) is 9.16 Å². The van der Waals surface area contributed by atoms with Gasteiger partial charge in [-0.2, -0.15) is 5.10 Å². The lowest BCUT2D eigenvalue weighted by atomic mass is 9.92. The van der Waals surface area contributed by atoms with Crippen molar-refractivity contribution in [2.75, 3.05) is 0 Å². The molecule has 2 aromatic carbocycles. The third kappa shape index (κ3) is 4.11. The summed E-state index contributed by atoms with van der Waals surface area (Å²) in [6.45, 7) is 6.92. The highest BCUT2D eigenvalue weighted by molar-refractivity contribution is 14.1. The molecular formula is C26H28IN3O2Si. The molecule has 170 valence electrons. The Balaban J connectivity index is 1.47. The Hall–Kier alpha value is -2.23. The predicted molar refractivity (Wildman–Crippen MR) is 142 cm³/mol. The summed E-state index contributed by atoms with van der Waals surface area (Å²) >= 11 is 2.27. The van der Waals surface area contributed by atoms with Crippen LogP contribution in [0.15, 0.2) is 79.3 Å². The zero-order valence-corrected chi connectivity index (χ0v) is 22.3. The number of aromatic nitrogens is 3. The lowest BCUT2D eigenvalue weighted by Gasteiger charge is -2.49. The molecule has 0 unspecified atom stereocenters. The number of hydrogen-bond acceptors (Lipinski definition) is 4. The van der Waals surface area contributed by atoms with E-state index in [1.54, 1.807) is 0 Å². The lowest BCUT2D eigenvalue weighted by Crippen LogP contribution is -2.69. The van der Waals surface area contributed by atoms with Crippen LogP contribution in [-0.4, -0.2) is 35.1 Å². The molecule has 5 rings (SSSR count). The van der Waals surface area contributed by atoms with Gasteiger partial charge in [0.05, 0.1) is 33.8 Å². The standard InChI is InChI=1S/C26H28IN3O2Si/c1-26(2,3)33(19-10-6-4-7-11-19,20-12-8-5-9-13-20)32-24-15-14-23(24)31-25-18-30-22(17-28-25)21(27)16-29-30/h4-13,16-18,23-24H,14-15H2,1-3H3/t23-,24-/m1/s1. The Kier molecular flexibility index (Phi) is 6.05. The van der Waals surface area contributed by atoms with Gasteiger partial charge in [0, 0.05) is 0 Å². The maximum absolute atomic E-state index is 7.25. The minimum atomic E-state index is -2.60. The van der Waals surface area contributed by atoms with Crippen LogP contribution in [0.25, 0.3) is 5.52 Å². The largest absolute Gasteiger partial charge is 0.471 e. The molecule has 0 amide bonds. The van der Waals surface area contributed by atoms with Gasteiger partial charge in [-0.25, -0.2) is 9.50 Å². The zero-order chi connectivity index (χ0) is 23.1. The third-order valence-electron chi connectivity index (χ3n) is 6.50. The van der Waals surface area contributed by atoms with Crippen LogP contribution in [0.4, 0.5) is 0 Å². The molecule has 0 aliphatic heterocycles. The second kappa shape index (κ2) is 8.85. The first-order valence-corrected chi connectivity index (χ1v) is 14.3. The highest BCUT2D eigenvalue weighted by Gasteiger charge is 2.53. The average Bonchev–Trinajstić information content (AvgIpc) is 3.18. The van der Waals surface area contributed by atoms with Crippen molar-refractivity contribution in [3.63, 3.8) is 0 Å². The van der Waals surface area contributed by atoms with E-state index in [9.17, 15) is 0 Å². The molecule has 0 bridgehead atoms. The molecule has 7 heteroatoms. The molecule has 1 aliphatic carbocycles. The normalized spacial score (nSPS) is 18.8. The number of halogens is 1. The molecular weight excluding hydrogens is 541 g/mol. The smallest absolute Gasteiger partial charge is 0.261 e. The average molecular weight is 570 g/mol. The predicted octanol–water partition coefficient (Wildman–Crippen LogP) is 4.82. The minimum absolute atomic E-state index is 0.0200. The van der Waals surface area contributed by atoms with Crippen LogP contribution in [0.1, 0.15) is 33.6 Å². The van der Waals surface area contributed by atoms with Crippen molar-refractivity contribution in [1.29, 1.82) is 0 Å². The van der Waals surface area contributed by atoms with E-state index < -0.39 is 8.32 Å². The summed E-state index contributed by atoms with van der Waals surface area (Å²) in [4.78, 5) is 4.53. The van der Waals surface area contributed by atoms with Crippen LogP contribution in [-0.2, 0) is 4.43 Å². The van der Waals surface area contributed by atoms with Gasteiger partial charge in [-0.05, 0) is 50.8 Å². The molecule has 2 heterocycles. The SMILES string of the molecule is CC(C)(C)[Si](O[C@@H]1CC[C@H]1Oc1cn2ncc(I)c2cn1)(c1ccccc1)c1ccccc1. The summed E-state index contributed by atoms with van der Waals surface area (Å²) < 4.78 is 16.5. The summed E-state index contributed by atoms with van der Waals surface area (Å²) in [6.07, 6.45) is 7.45. The number of nitrogens with zero attached hydrogens (tertiary/aromatic N) is 3. The summed E-state index contributed by atoms with van der Waals surface area (Å²) in [5.74, 6) is 0.586. The van der Waals surface area contributed by atoms with Crippen LogP contribution in [0, 0.1) is 3.57 Å². The van der Waals surface area contributed by atoms with E-state index in [1.807, 2.05) is 23.1 Å². The first kappa shape index (κ1) is 22.6. The Morgan fingerprint density at radius 2 is 1.52 bits per heavy atom. The first-order valence-electron chi connectivity index (χ1n) is 11.3. The topological polar surface area (TPSA) is 48.7 Å². The first-order chi connectivity index (χ1) is 15.9. The number of hydrogen-bond donors (Lipinski definition) is 0. The second-order valence-corrected chi connectivity index (χ2v) is 15.0. The van der Waals surface area contributed by atoms with Crippen LogP contribution >= 0.6 is 22.6 Å². The molecule has 1 fully saturated rings. The molecule has 0 N–H and O–H groups in total. The quantitative estimate of drug-likeness (QED) is 0.247. The van der Waals surface area contributed by atoms with Gasteiger partial charge in [-0.15, -0.1) is 0 Å². The molecule has 2 aromatic heterocycles. The van der Waals surface area contributed by atoms with E-state index in [0.29, 0.717) is 5.88 Å². The van der Waals surface area contributed by atoms with Gasteiger partial charge in [0.1, 0.15) is 6.10 Å². The summed E-state index contributed by atoms with van der Waals surface area (Å²) in [7, 11) is -2.60. The second-order valence-electron chi connectivity index (χ2n) is 9.60. The van der Waals surface area contributed by atoms with E-state index in [2.05, 4.69) is 114 Å². The Morgan fingerprint density at radius 3 is 2.06 bits per heavy atom. The molecule has 1 aliphatic rings.